The van der Waals surface area contributed by atoms with Crippen LogP contribution in [0.5, 0.6) is 0 Å². The minimum atomic E-state index is -0.238. The summed E-state index contributed by atoms with van der Waals surface area (Å²) in [5.74, 6) is 0.511. The van der Waals surface area contributed by atoms with E-state index < -0.39 is 0 Å². The van der Waals surface area contributed by atoms with Crippen molar-refractivity contribution < 1.29 is 4.79 Å². The summed E-state index contributed by atoms with van der Waals surface area (Å²) >= 11 is 7.61. The van der Waals surface area contributed by atoms with Gasteiger partial charge in [0.2, 0.25) is 5.91 Å². The zero-order valence-electron chi connectivity index (χ0n) is 13.5. The predicted molar refractivity (Wildman–Crippen MR) is 102 cm³/mol. The van der Waals surface area contributed by atoms with Crippen LogP contribution >= 0.6 is 22.9 Å². The Kier molecular flexibility index (Phi) is 4.31. The molecule has 128 valence electrons. The van der Waals surface area contributed by atoms with E-state index in [9.17, 15) is 4.79 Å². The average molecular weight is 373 g/mol. The monoisotopic (exact) mass is 372 g/mol. The van der Waals surface area contributed by atoms with Crippen LogP contribution in [0.15, 0.2) is 36.0 Å². The molecule has 0 radical (unpaired) electrons. The number of thiophene rings is 1. The zero-order valence-corrected chi connectivity index (χ0v) is 15.1. The number of benzene rings is 1. The summed E-state index contributed by atoms with van der Waals surface area (Å²) in [6.07, 6.45) is 3.36. The standard InChI is InChI=1S/C18H17ClN4OS/c19-13-5-3-11(4-6-13)14-9-25-18-15(14)17(21-10-22-18)23-7-1-2-12(8-23)16(20)24/h3-6,9-10,12H,1-2,7-8H2,(H2,20,24). The van der Waals surface area contributed by atoms with Crippen molar-refractivity contribution in [2.75, 3.05) is 18.0 Å². The molecule has 1 fully saturated rings. The molecular formula is C18H17ClN4OS. The Morgan fingerprint density at radius 1 is 1.28 bits per heavy atom. The zero-order chi connectivity index (χ0) is 17.4. The predicted octanol–water partition coefficient (Wildman–Crippen LogP) is 3.71. The third kappa shape index (κ3) is 3.07. The first-order chi connectivity index (χ1) is 12.1. The Balaban J connectivity index is 1.80. The molecule has 1 saturated heterocycles. The van der Waals surface area contributed by atoms with E-state index in [-0.39, 0.29) is 11.8 Å². The van der Waals surface area contributed by atoms with Crippen molar-refractivity contribution in [2.45, 2.75) is 12.8 Å². The van der Waals surface area contributed by atoms with E-state index in [1.165, 1.54) is 0 Å². The highest BCUT2D eigenvalue weighted by Gasteiger charge is 2.27. The number of carbonyl (C=O) groups excluding carboxylic acids is 1. The van der Waals surface area contributed by atoms with E-state index in [1.807, 2.05) is 24.3 Å². The number of amides is 1. The van der Waals surface area contributed by atoms with Gasteiger partial charge < -0.3 is 10.6 Å². The Hall–Kier alpha value is -2.18. The van der Waals surface area contributed by atoms with E-state index in [0.29, 0.717) is 11.6 Å². The van der Waals surface area contributed by atoms with E-state index in [4.69, 9.17) is 17.3 Å². The Morgan fingerprint density at radius 3 is 2.84 bits per heavy atom. The lowest BCUT2D eigenvalue weighted by Crippen LogP contribution is -2.41. The molecule has 25 heavy (non-hydrogen) atoms. The van der Waals surface area contributed by atoms with Gasteiger partial charge in [0.15, 0.2) is 0 Å². The molecule has 4 rings (SSSR count). The second-order valence-corrected chi connectivity index (χ2v) is 7.52. The van der Waals surface area contributed by atoms with E-state index in [0.717, 1.165) is 46.5 Å². The van der Waals surface area contributed by atoms with Crippen molar-refractivity contribution in [3.63, 3.8) is 0 Å². The number of nitrogens with zero attached hydrogens (tertiary/aromatic N) is 3. The number of hydrogen-bond donors (Lipinski definition) is 1. The summed E-state index contributed by atoms with van der Waals surface area (Å²) in [7, 11) is 0. The van der Waals surface area contributed by atoms with Gasteiger partial charge in [0, 0.05) is 29.1 Å². The Labute approximate surface area is 154 Å². The van der Waals surface area contributed by atoms with Gasteiger partial charge in [-0.15, -0.1) is 11.3 Å². The Bertz CT molecular complexity index is 924. The molecule has 1 amide bonds. The number of fused-ring (bicyclic) bond motifs is 1. The first kappa shape index (κ1) is 16.3. The third-order valence-electron chi connectivity index (χ3n) is 4.63. The van der Waals surface area contributed by atoms with Crippen molar-refractivity contribution in [2.24, 2.45) is 11.7 Å². The van der Waals surface area contributed by atoms with Gasteiger partial charge in [0.05, 0.1) is 11.3 Å². The van der Waals surface area contributed by atoms with E-state index in [1.54, 1.807) is 17.7 Å². The molecule has 2 N–H and O–H groups in total. The normalized spacial score (nSPS) is 17.8. The molecule has 1 unspecified atom stereocenters. The van der Waals surface area contributed by atoms with Crippen LogP contribution in [-0.4, -0.2) is 29.0 Å². The van der Waals surface area contributed by atoms with Crippen molar-refractivity contribution in [3.8, 4) is 11.1 Å². The van der Waals surface area contributed by atoms with E-state index in [2.05, 4.69) is 20.2 Å². The topological polar surface area (TPSA) is 72.1 Å². The smallest absolute Gasteiger partial charge is 0.222 e. The SMILES string of the molecule is NC(=O)C1CCCN(c2ncnc3scc(-c4ccc(Cl)cc4)c23)C1. The van der Waals surface area contributed by atoms with Gasteiger partial charge in [0.25, 0.3) is 0 Å². The fourth-order valence-corrected chi connectivity index (χ4v) is 4.38. The van der Waals surface area contributed by atoms with Crippen LogP contribution in [0.25, 0.3) is 21.3 Å². The molecule has 2 aromatic heterocycles. The van der Waals surface area contributed by atoms with Crippen LogP contribution in [0.1, 0.15) is 12.8 Å². The maximum atomic E-state index is 11.6. The van der Waals surface area contributed by atoms with Gasteiger partial charge in [-0.05, 0) is 30.5 Å². The summed E-state index contributed by atoms with van der Waals surface area (Å²) in [4.78, 5) is 23.7. The summed E-state index contributed by atoms with van der Waals surface area (Å²) < 4.78 is 0. The van der Waals surface area contributed by atoms with E-state index >= 15 is 0 Å². The van der Waals surface area contributed by atoms with Crippen molar-refractivity contribution in [1.29, 1.82) is 0 Å². The molecule has 0 aliphatic carbocycles. The number of carbonyl (C=O) groups is 1. The van der Waals surface area contributed by atoms with Crippen molar-refractivity contribution in [1.82, 2.24) is 9.97 Å². The van der Waals surface area contributed by atoms with Crippen LogP contribution < -0.4 is 10.6 Å². The van der Waals surface area contributed by atoms with Gasteiger partial charge in [-0.2, -0.15) is 0 Å². The van der Waals surface area contributed by atoms with Gasteiger partial charge in [-0.3, -0.25) is 4.79 Å². The third-order valence-corrected chi connectivity index (χ3v) is 5.77. The summed E-state index contributed by atoms with van der Waals surface area (Å²) in [5, 5.41) is 3.83. The second-order valence-electron chi connectivity index (χ2n) is 6.22. The molecule has 5 nitrogen and oxygen atoms in total. The van der Waals surface area contributed by atoms with Gasteiger partial charge in [-0.25, -0.2) is 9.97 Å². The molecule has 0 bridgehead atoms. The van der Waals surface area contributed by atoms with Crippen LogP contribution in [0.4, 0.5) is 5.82 Å². The molecule has 7 heteroatoms. The largest absolute Gasteiger partial charge is 0.369 e. The highest BCUT2D eigenvalue weighted by Crippen LogP contribution is 2.39. The summed E-state index contributed by atoms with van der Waals surface area (Å²) in [6, 6.07) is 7.77. The molecule has 1 aromatic carbocycles. The number of hydrogen-bond acceptors (Lipinski definition) is 5. The number of halogens is 1. The minimum Gasteiger partial charge on any atom is -0.369 e. The van der Waals surface area contributed by atoms with Crippen LogP contribution in [0.2, 0.25) is 5.02 Å². The summed E-state index contributed by atoms with van der Waals surface area (Å²) in [6.45, 7) is 1.48. The first-order valence-electron chi connectivity index (χ1n) is 8.16. The number of piperidine rings is 1. The van der Waals surface area contributed by atoms with Gasteiger partial charge >= 0.3 is 0 Å². The number of anilines is 1. The lowest BCUT2D eigenvalue weighted by atomic mass is 9.97. The van der Waals surface area contributed by atoms with Crippen molar-refractivity contribution >= 4 is 44.9 Å². The molecule has 3 aromatic rings. The summed E-state index contributed by atoms with van der Waals surface area (Å²) in [5.41, 5.74) is 7.70. The lowest BCUT2D eigenvalue weighted by Gasteiger charge is -2.32. The first-order valence-corrected chi connectivity index (χ1v) is 9.41. The molecule has 0 spiro atoms. The highest BCUT2D eigenvalue weighted by atomic mass is 35.5. The van der Waals surface area contributed by atoms with Crippen LogP contribution in [0, 0.1) is 5.92 Å². The molecular weight excluding hydrogens is 356 g/mol. The van der Waals surface area contributed by atoms with Crippen molar-refractivity contribution in [3.05, 3.63) is 41.0 Å². The van der Waals surface area contributed by atoms with Crippen LogP contribution in [-0.2, 0) is 4.79 Å². The Morgan fingerprint density at radius 2 is 2.08 bits per heavy atom. The minimum absolute atomic E-state index is 0.128. The maximum Gasteiger partial charge on any atom is 0.222 e. The maximum absolute atomic E-state index is 11.6. The number of primary amides is 1. The van der Waals surface area contributed by atoms with Crippen LogP contribution in [0.3, 0.4) is 0 Å². The van der Waals surface area contributed by atoms with Gasteiger partial charge in [0.1, 0.15) is 17.0 Å². The average Bonchev–Trinajstić information content (AvgIpc) is 3.06. The quantitative estimate of drug-likeness (QED) is 0.760. The molecule has 0 saturated carbocycles. The fraction of sp³-hybridized carbons (Fsp3) is 0.278. The van der Waals surface area contributed by atoms with Gasteiger partial charge in [-0.1, -0.05) is 23.7 Å². The highest BCUT2D eigenvalue weighted by molar-refractivity contribution is 7.17. The molecule has 1 atom stereocenters. The number of rotatable bonds is 3. The molecule has 3 heterocycles. The molecule has 1 aliphatic rings. The fourth-order valence-electron chi connectivity index (χ4n) is 3.34. The molecule has 1 aliphatic heterocycles. The number of nitrogens with two attached hydrogens (primary N) is 1. The number of aromatic nitrogens is 2. The lowest BCUT2D eigenvalue weighted by molar-refractivity contribution is -0.122. The second kappa shape index (κ2) is 6.61.